The molecule has 10 heteroatoms. The standard InChI is InChI=1S/C23H20FN7O2/c1-29-22-17(10-27-29)23(33)31(14-26-22)12-21(32)28-19(15-6-8-16(24)9-7-15)11-30-13-25-18-4-2-3-5-20(18)30/h2-10,13-14,19H,11-12H2,1H3,(H,28,32). The lowest BCUT2D eigenvalue weighted by atomic mass is 10.1. The highest BCUT2D eigenvalue weighted by Crippen LogP contribution is 2.20. The normalized spacial score (nSPS) is 12.3. The van der Waals surface area contributed by atoms with Gasteiger partial charge in [0.2, 0.25) is 5.91 Å². The van der Waals surface area contributed by atoms with Crippen LogP contribution in [0.5, 0.6) is 0 Å². The van der Waals surface area contributed by atoms with Gasteiger partial charge in [0, 0.05) is 13.6 Å². The molecule has 1 unspecified atom stereocenters. The van der Waals surface area contributed by atoms with Gasteiger partial charge in [-0.1, -0.05) is 24.3 Å². The molecule has 5 aromatic rings. The molecule has 166 valence electrons. The molecule has 0 aliphatic heterocycles. The van der Waals surface area contributed by atoms with Gasteiger partial charge in [0.25, 0.3) is 5.56 Å². The van der Waals surface area contributed by atoms with E-state index in [2.05, 4.69) is 20.4 Å². The van der Waals surface area contributed by atoms with Crippen molar-refractivity contribution in [1.82, 2.24) is 34.2 Å². The van der Waals surface area contributed by atoms with Crippen LogP contribution < -0.4 is 10.9 Å². The van der Waals surface area contributed by atoms with Crippen molar-refractivity contribution >= 4 is 28.0 Å². The summed E-state index contributed by atoms with van der Waals surface area (Å²) in [7, 11) is 1.69. The van der Waals surface area contributed by atoms with E-state index < -0.39 is 6.04 Å². The Balaban J connectivity index is 1.42. The maximum absolute atomic E-state index is 13.5. The van der Waals surface area contributed by atoms with Crippen molar-refractivity contribution in [3.05, 3.63) is 89.1 Å². The average Bonchev–Trinajstić information content (AvgIpc) is 3.40. The highest BCUT2D eigenvalue weighted by Gasteiger charge is 2.18. The molecule has 0 saturated carbocycles. The van der Waals surface area contributed by atoms with Crippen LogP contribution in [0, 0.1) is 5.82 Å². The summed E-state index contributed by atoms with van der Waals surface area (Å²) in [4.78, 5) is 34.3. The summed E-state index contributed by atoms with van der Waals surface area (Å²) in [6, 6.07) is 13.2. The number of para-hydroxylation sites is 2. The molecule has 3 aromatic heterocycles. The summed E-state index contributed by atoms with van der Waals surface area (Å²) in [6.45, 7) is 0.172. The van der Waals surface area contributed by atoms with Crippen LogP contribution in [0.2, 0.25) is 0 Å². The Morgan fingerprint density at radius 3 is 2.64 bits per heavy atom. The molecule has 0 fully saturated rings. The number of rotatable bonds is 6. The minimum Gasteiger partial charge on any atom is -0.346 e. The van der Waals surface area contributed by atoms with Crippen molar-refractivity contribution in [2.45, 2.75) is 19.1 Å². The largest absolute Gasteiger partial charge is 0.346 e. The number of halogens is 1. The van der Waals surface area contributed by atoms with Gasteiger partial charge in [-0.2, -0.15) is 5.10 Å². The highest BCUT2D eigenvalue weighted by molar-refractivity contribution is 5.78. The Morgan fingerprint density at radius 2 is 1.82 bits per heavy atom. The molecule has 0 aliphatic carbocycles. The van der Waals surface area contributed by atoms with Crippen molar-refractivity contribution in [1.29, 1.82) is 0 Å². The van der Waals surface area contributed by atoms with E-state index >= 15 is 0 Å². The van der Waals surface area contributed by atoms with E-state index in [1.54, 1.807) is 25.5 Å². The first kappa shape index (κ1) is 20.6. The second-order valence-electron chi connectivity index (χ2n) is 7.74. The molecule has 1 atom stereocenters. The van der Waals surface area contributed by atoms with E-state index in [4.69, 9.17) is 0 Å². The number of carbonyl (C=O) groups excluding carboxylic acids is 1. The van der Waals surface area contributed by atoms with Crippen LogP contribution in [0.25, 0.3) is 22.1 Å². The first-order chi connectivity index (χ1) is 16.0. The van der Waals surface area contributed by atoms with E-state index in [-0.39, 0.29) is 23.8 Å². The van der Waals surface area contributed by atoms with E-state index in [0.29, 0.717) is 17.6 Å². The first-order valence-corrected chi connectivity index (χ1v) is 10.3. The zero-order chi connectivity index (χ0) is 22.9. The predicted molar refractivity (Wildman–Crippen MR) is 120 cm³/mol. The third kappa shape index (κ3) is 3.98. The monoisotopic (exact) mass is 445 g/mol. The summed E-state index contributed by atoms with van der Waals surface area (Å²) in [5.74, 6) is -0.736. The zero-order valence-corrected chi connectivity index (χ0v) is 17.7. The Kier molecular flexibility index (Phi) is 5.17. The molecular formula is C23H20FN7O2. The molecule has 3 heterocycles. The molecule has 0 saturated heterocycles. The lowest BCUT2D eigenvalue weighted by Crippen LogP contribution is -2.36. The van der Waals surface area contributed by atoms with E-state index in [9.17, 15) is 14.0 Å². The Hall–Kier alpha value is -4.34. The minimum atomic E-state index is -0.471. The fourth-order valence-corrected chi connectivity index (χ4v) is 3.86. The van der Waals surface area contributed by atoms with Crippen molar-refractivity contribution in [3.8, 4) is 0 Å². The molecule has 2 aromatic carbocycles. The van der Waals surface area contributed by atoms with Gasteiger partial charge in [-0.3, -0.25) is 18.8 Å². The van der Waals surface area contributed by atoms with Crippen molar-refractivity contribution in [2.75, 3.05) is 0 Å². The van der Waals surface area contributed by atoms with Gasteiger partial charge in [-0.25, -0.2) is 14.4 Å². The van der Waals surface area contributed by atoms with Crippen molar-refractivity contribution < 1.29 is 9.18 Å². The number of benzene rings is 2. The SMILES string of the molecule is Cn1ncc2c(=O)n(CC(=O)NC(Cn3cnc4ccccc43)c3ccc(F)cc3)cnc21. The average molecular weight is 445 g/mol. The zero-order valence-electron chi connectivity index (χ0n) is 17.7. The van der Waals surface area contributed by atoms with Gasteiger partial charge >= 0.3 is 0 Å². The Morgan fingerprint density at radius 1 is 1.06 bits per heavy atom. The number of nitrogens with one attached hydrogen (secondary N) is 1. The lowest BCUT2D eigenvalue weighted by Gasteiger charge is -2.21. The van der Waals surface area contributed by atoms with Crippen LogP contribution in [0.4, 0.5) is 4.39 Å². The number of amides is 1. The number of aryl methyl sites for hydroxylation is 1. The summed E-state index contributed by atoms with van der Waals surface area (Å²) in [5.41, 5.74) is 2.59. The molecule has 9 nitrogen and oxygen atoms in total. The molecule has 0 aliphatic rings. The molecule has 0 radical (unpaired) electrons. The van der Waals surface area contributed by atoms with Gasteiger partial charge in [0.15, 0.2) is 5.65 Å². The smallest absolute Gasteiger partial charge is 0.264 e. The van der Waals surface area contributed by atoms with E-state index in [1.165, 1.54) is 33.9 Å². The third-order valence-electron chi connectivity index (χ3n) is 5.55. The number of imidazole rings is 1. The maximum Gasteiger partial charge on any atom is 0.264 e. The van der Waals surface area contributed by atoms with Gasteiger partial charge < -0.3 is 9.88 Å². The Labute approximate surface area is 187 Å². The number of aromatic nitrogens is 6. The molecule has 0 bridgehead atoms. The lowest BCUT2D eigenvalue weighted by molar-refractivity contribution is -0.122. The van der Waals surface area contributed by atoms with Gasteiger partial charge in [0.05, 0.1) is 29.6 Å². The number of hydrogen-bond acceptors (Lipinski definition) is 5. The summed E-state index contributed by atoms with van der Waals surface area (Å²) in [5, 5.41) is 7.35. The minimum absolute atomic E-state index is 0.209. The molecule has 5 rings (SSSR count). The molecular weight excluding hydrogens is 425 g/mol. The maximum atomic E-state index is 13.5. The van der Waals surface area contributed by atoms with Gasteiger partial charge in [0.1, 0.15) is 24.1 Å². The van der Waals surface area contributed by atoms with Crippen LogP contribution in [-0.4, -0.2) is 34.8 Å². The third-order valence-corrected chi connectivity index (χ3v) is 5.55. The van der Waals surface area contributed by atoms with Crippen molar-refractivity contribution in [2.24, 2.45) is 7.05 Å². The second kappa shape index (κ2) is 8.30. The van der Waals surface area contributed by atoms with Gasteiger partial charge in [-0.15, -0.1) is 0 Å². The van der Waals surface area contributed by atoms with Crippen LogP contribution in [0.3, 0.4) is 0 Å². The summed E-state index contributed by atoms with van der Waals surface area (Å²) >= 11 is 0. The number of nitrogens with zero attached hydrogens (tertiary/aromatic N) is 6. The van der Waals surface area contributed by atoms with E-state index in [1.807, 2.05) is 28.8 Å². The quantitative estimate of drug-likeness (QED) is 0.432. The number of fused-ring (bicyclic) bond motifs is 2. The van der Waals surface area contributed by atoms with E-state index in [0.717, 1.165) is 16.6 Å². The number of carbonyl (C=O) groups is 1. The van der Waals surface area contributed by atoms with Crippen molar-refractivity contribution in [3.63, 3.8) is 0 Å². The number of hydrogen-bond donors (Lipinski definition) is 1. The topological polar surface area (TPSA) is 99.6 Å². The molecule has 0 spiro atoms. The predicted octanol–water partition coefficient (Wildman–Crippen LogP) is 2.18. The molecule has 33 heavy (non-hydrogen) atoms. The summed E-state index contributed by atoms with van der Waals surface area (Å²) < 4.78 is 18.2. The molecule has 1 N–H and O–H groups in total. The van der Waals surface area contributed by atoms with Crippen LogP contribution in [0.15, 0.2) is 72.2 Å². The van der Waals surface area contributed by atoms with Crippen LogP contribution in [-0.2, 0) is 24.9 Å². The fourth-order valence-electron chi connectivity index (χ4n) is 3.86. The first-order valence-electron chi connectivity index (χ1n) is 10.3. The Bertz CT molecular complexity index is 1520. The fraction of sp³-hybridized carbons (Fsp3) is 0.174. The van der Waals surface area contributed by atoms with Crippen LogP contribution >= 0.6 is 0 Å². The molecule has 1 amide bonds. The van der Waals surface area contributed by atoms with Crippen LogP contribution in [0.1, 0.15) is 11.6 Å². The summed E-state index contributed by atoms with van der Waals surface area (Å²) in [6.07, 6.45) is 4.48. The van der Waals surface area contributed by atoms with Gasteiger partial charge in [-0.05, 0) is 29.8 Å². The second-order valence-corrected chi connectivity index (χ2v) is 7.74. The highest BCUT2D eigenvalue weighted by atomic mass is 19.1.